The fourth-order valence-corrected chi connectivity index (χ4v) is 4.89. The lowest BCUT2D eigenvalue weighted by Crippen LogP contribution is -2.18. The number of aromatic nitrogens is 3. The van der Waals surface area contributed by atoms with Gasteiger partial charge in [-0.15, -0.1) is 10.2 Å². The Kier molecular flexibility index (Phi) is 6.85. The number of nitrogens with one attached hydrogen (secondary N) is 2. The number of benzene rings is 2. The summed E-state index contributed by atoms with van der Waals surface area (Å²) in [6.45, 7) is 4.80. The molecule has 0 fully saturated rings. The van der Waals surface area contributed by atoms with Gasteiger partial charge in [-0.25, -0.2) is 8.42 Å². The number of para-hydroxylation sites is 1. The molecule has 0 bridgehead atoms. The van der Waals surface area contributed by atoms with Gasteiger partial charge in [0, 0.05) is 23.1 Å². The quantitative estimate of drug-likeness (QED) is 0.346. The SMILES string of the molecule is CCCCn1c(C(=O)Nc2ccc(S(=O)(=O)Nc3ccc(Cl)nn3)cc2)c(C)c2ccccc21. The molecule has 10 heteroatoms. The number of rotatable bonds is 8. The second-order valence-corrected chi connectivity index (χ2v) is 9.89. The number of unbranched alkanes of at least 4 members (excludes halogenated alkanes) is 1. The number of amides is 1. The van der Waals surface area contributed by atoms with Crippen LogP contribution in [0.15, 0.2) is 65.6 Å². The predicted molar refractivity (Wildman–Crippen MR) is 134 cm³/mol. The molecule has 2 N–H and O–H groups in total. The minimum absolute atomic E-state index is 0.0236. The fraction of sp³-hybridized carbons (Fsp3) is 0.208. The van der Waals surface area contributed by atoms with Crippen molar-refractivity contribution in [2.24, 2.45) is 0 Å². The number of anilines is 2. The summed E-state index contributed by atoms with van der Waals surface area (Å²) in [5.74, 6) is -0.188. The second-order valence-electron chi connectivity index (χ2n) is 7.82. The molecule has 2 aromatic carbocycles. The smallest absolute Gasteiger partial charge is 0.272 e. The summed E-state index contributed by atoms with van der Waals surface area (Å²) in [4.78, 5) is 13.3. The van der Waals surface area contributed by atoms with E-state index in [1.807, 2.05) is 31.2 Å². The molecule has 0 unspecified atom stereocenters. The summed E-state index contributed by atoms with van der Waals surface area (Å²) in [6.07, 6.45) is 1.97. The Hall–Kier alpha value is -3.43. The zero-order chi connectivity index (χ0) is 24.3. The number of hydrogen-bond donors (Lipinski definition) is 2. The van der Waals surface area contributed by atoms with Crippen molar-refractivity contribution in [3.63, 3.8) is 0 Å². The lowest BCUT2D eigenvalue weighted by Gasteiger charge is -2.12. The lowest BCUT2D eigenvalue weighted by atomic mass is 10.1. The van der Waals surface area contributed by atoms with Crippen molar-refractivity contribution < 1.29 is 13.2 Å². The molecule has 0 saturated carbocycles. The van der Waals surface area contributed by atoms with Crippen LogP contribution in [0.3, 0.4) is 0 Å². The summed E-state index contributed by atoms with van der Waals surface area (Å²) in [5.41, 5.74) is 3.03. The van der Waals surface area contributed by atoms with Crippen molar-refractivity contribution >= 4 is 49.9 Å². The zero-order valence-electron chi connectivity index (χ0n) is 18.7. The third-order valence-electron chi connectivity index (χ3n) is 5.47. The number of aryl methyl sites for hydroxylation is 2. The fourth-order valence-electron chi connectivity index (χ4n) is 3.79. The van der Waals surface area contributed by atoms with E-state index < -0.39 is 10.0 Å². The Labute approximate surface area is 203 Å². The van der Waals surface area contributed by atoms with E-state index in [0.717, 1.165) is 35.9 Å². The Morgan fingerprint density at radius 2 is 1.76 bits per heavy atom. The maximum Gasteiger partial charge on any atom is 0.272 e. The highest BCUT2D eigenvalue weighted by molar-refractivity contribution is 7.92. The molecule has 34 heavy (non-hydrogen) atoms. The number of hydrogen-bond acceptors (Lipinski definition) is 5. The molecule has 0 radical (unpaired) electrons. The lowest BCUT2D eigenvalue weighted by molar-refractivity contribution is 0.101. The first-order valence-electron chi connectivity index (χ1n) is 10.8. The standard InChI is InChI=1S/C24H24ClN5O3S/c1-3-4-15-30-20-8-6-5-7-19(20)16(2)23(30)24(31)26-17-9-11-18(12-10-17)34(32,33)29-22-14-13-21(25)27-28-22/h5-14H,3-4,15H2,1-2H3,(H,26,31)(H,28,29). The van der Waals surface area contributed by atoms with Gasteiger partial charge in [0.15, 0.2) is 11.0 Å². The van der Waals surface area contributed by atoms with Gasteiger partial charge in [0.25, 0.3) is 15.9 Å². The molecule has 0 spiro atoms. The molecule has 4 rings (SSSR count). The first-order chi connectivity index (χ1) is 16.3. The number of nitrogens with zero attached hydrogens (tertiary/aromatic N) is 3. The minimum Gasteiger partial charge on any atom is -0.336 e. The number of carbonyl (C=O) groups excluding carboxylic acids is 1. The van der Waals surface area contributed by atoms with E-state index in [0.29, 0.717) is 11.4 Å². The average Bonchev–Trinajstić information content (AvgIpc) is 3.11. The van der Waals surface area contributed by atoms with E-state index in [-0.39, 0.29) is 21.8 Å². The molecule has 176 valence electrons. The van der Waals surface area contributed by atoms with Crippen LogP contribution in [0.5, 0.6) is 0 Å². The highest BCUT2D eigenvalue weighted by atomic mass is 35.5. The summed E-state index contributed by atoms with van der Waals surface area (Å²) in [7, 11) is -3.88. The van der Waals surface area contributed by atoms with Crippen LogP contribution >= 0.6 is 11.6 Å². The molecule has 1 amide bonds. The Bertz CT molecular complexity index is 1430. The van der Waals surface area contributed by atoms with Gasteiger partial charge >= 0.3 is 0 Å². The van der Waals surface area contributed by atoms with Crippen LogP contribution in [0.2, 0.25) is 5.15 Å². The van der Waals surface area contributed by atoms with E-state index >= 15 is 0 Å². The maximum atomic E-state index is 13.3. The molecular weight excluding hydrogens is 474 g/mol. The molecular formula is C24H24ClN5O3S. The Morgan fingerprint density at radius 1 is 1.03 bits per heavy atom. The summed E-state index contributed by atoms with van der Waals surface area (Å²) in [5, 5.41) is 11.4. The molecule has 0 atom stereocenters. The molecule has 2 heterocycles. The minimum atomic E-state index is -3.88. The van der Waals surface area contributed by atoms with Crippen LogP contribution in [0.1, 0.15) is 35.8 Å². The van der Waals surface area contributed by atoms with Crippen molar-refractivity contribution in [1.29, 1.82) is 0 Å². The van der Waals surface area contributed by atoms with Gasteiger partial charge in [-0.2, -0.15) is 0 Å². The average molecular weight is 498 g/mol. The van der Waals surface area contributed by atoms with Crippen molar-refractivity contribution in [3.8, 4) is 0 Å². The number of halogens is 1. The summed E-state index contributed by atoms with van der Waals surface area (Å²) in [6, 6.07) is 16.8. The van der Waals surface area contributed by atoms with Crippen LogP contribution in [-0.2, 0) is 16.6 Å². The van der Waals surface area contributed by atoms with Gasteiger partial charge in [0.05, 0.1) is 4.90 Å². The zero-order valence-corrected chi connectivity index (χ0v) is 20.3. The van der Waals surface area contributed by atoms with Gasteiger partial charge in [0.2, 0.25) is 0 Å². The molecule has 0 aliphatic rings. The van der Waals surface area contributed by atoms with Crippen molar-refractivity contribution in [3.05, 3.63) is 77.1 Å². The van der Waals surface area contributed by atoms with Crippen LogP contribution in [0.4, 0.5) is 11.5 Å². The Morgan fingerprint density at radius 3 is 2.44 bits per heavy atom. The van der Waals surface area contributed by atoms with Gasteiger partial charge < -0.3 is 9.88 Å². The number of fused-ring (bicyclic) bond motifs is 1. The molecule has 0 aliphatic carbocycles. The molecule has 8 nitrogen and oxygen atoms in total. The van der Waals surface area contributed by atoms with Gasteiger partial charge in [-0.3, -0.25) is 9.52 Å². The van der Waals surface area contributed by atoms with Crippen molar-refractivity contribution in [2.75, 3.05) is 10.0 Å². The Balaban J connectivity index is 1.56. The van der Waals surface area contributed by atoms with Gasteiger partial charge in [0.1, 0.15) is 5.69 Å². The predicted octanol–water partition coefficient (Wildman–Crippen LogP) is 5.25. The van der Waals surface area contributed by atoms with Crippen molar-refractivity contribution in [1.82, 2.24) is 14.8 Å². The summed E-state index contributed by atoms with van der Waals surface area (Å²) < 4.78 is 29.7. The highest BCUT2D eigenvalue weighted by Gasteiger charge is 2.21. The van der Waals surface area contributed by atoms with Crippen molar-refractivity contribution in [2.45, 2.75) is 38.1 Å². The highest BCUT2D eigenvalue weighted by Crippen LogP contribution is 2.27. The van der Waals surface area contributed by atoms with Crippen LogP contribution in [0, 0.1) is 6.92 Å². The van der Waals surface area contributed by atoms with Gasteiger partial charge in [-0.05, 0) is 61.4 Å². The largest absolute Gasteiger partial charge is 0.336 e. The van der Waals surface area contributed by atoms with E-state index in [1.165, 1.54) is 24.3 Å². The maximum absolute atomic E-state index is 13.3. The van der Waals surface area contributed by atoms with E-state index in [1.54, 1.807) is 12.1 Å². The normalized spacial score (nSPS) is 11.5. The molecule has 0 aliphatic heterocycles. The number of carbonyl (C=O) groups is 1. The first-order valence-corrected chi connectivity index (χ1v) is 12.7. The van der Waals surface area contributed by atoms with E-state index in [4.69, 9.17) is 11.6 Å². The van der Waals surface area contributed by atoms with Crippen LogP contribution in [0.25, 0.3) is 10.9 Å². The van der Waals surface area contributed by atoms with Gasteiger partial charge in [-0.1, -0.05) is 43.1 Å². The monoisotopic (exact) mass is 497 g/mol. The topological polar surface area (TPSA) is 106 Å². The van der Waals surface area contributed by atoms with E-state index in [9.17, 15) is 13.2 Å². The van der Waals surface area contributed by atoms with E-state index in [2.05, 4.69) is 31.7 Å². The van der Waals surface area contributed by atoms with Crippen LogP contribution < -0.4 is 10.0 Å². The van der Waals surface area contributed by atoms with Crippen LogP contribution in [-0.4, -0.2) is 29.1 Å². The third kappa shape index (κ3) is 4.90. The summed E-state index contributed by atoms with van der Waals surface area (Å²) >= 11 is 5.68. The molecule has 0 saturated heterocycles. The number of sulfonamides is 1. The molecule has 2 aromatic heterocycles. The second kappa shape index (κ2) is 9.82. The third-order valence-corrected chi connectivity index (χ3v) is 7.04. The molecule has 4 aromatic rings. The first kappa shape index (κ1) is 23.7.